The lowest BCUT2D eigenvalue weighted by Crippen LogP contribution is -2.38. The molecule has 1 aliphatic rings. The lowest BCUT2D eigenvalue weighted by molar-refractivity contribution is 0.554. The smallest absolute Gasteiger partial charge is 0.254 e. The molecule has 3 aromatic carbocycles. The Labute approximate surface area is 213 Å². The summed E-state index contributed by atoms with van der Waals surface area (Å²) in [5, 5.41) is 13.7. The van der Waals surface area contributed by atoms with E-state index in [2.05, 4.69) is 56.6 Å². The number of nitrogens with one attached hydrogen (secondary N) is 1. The third-order valence-corrected chi connectivity index (χ3v) is 7.12. The second-order valence-electron chi connectivity index (χ2n) is 9.75. The maximum absolute atomic E-state index is 13.7. The first-order chi connectivity index (χ1) is 18.0. The molecular weight excluding hydrogens is 467 g/mol. The fraction of sp³-hybridized carbons (Fsp3) is 0.241. The molecule has 1 aliphatic heterocycles. The molecule has 6 rings (SSSR count). The molecular formula is C29H27FN6O. The van der Waals surface area contributed by atoms with Crippen molar-refractivity contribution in [2.24, 2.45) is 0 Å². The average Bonchev–Trinajstić information content (AvgIpc) is 3.34. The van der Waals surface area contributed by atoms with Gasteiger partial charge in [-0.2, -0.15) is 0 Å². The number of para-hydroxylation sites is 1. The summed E-state index contributed by atoms with van der Waals surface area (Å²) in [7, 11) is 0. The van der Waals surface area contributed by atoms with Crippen LogP contribution in [0.3, 0.4) is 0 Å². The van der Waals surface area contributed by atoms with Crippen LogP contribution in [0.5, 0.6) is 0 Å². The van der Waals surface area contributed by atoms with Gasteiger partial charge in [0.1, 0.15) is 11.9 Å². The number of tetrazole rings is 1. The molecule has 5 aromatic rings. The van der Waals surface area contributed by atoms with Gasteiger partial charge in [0.25, 0.3) is 5.56 Å². The number of benzene rings is 3. The highest BCUT2D eigenvalue weighted by molar-refractivity contribution is 5.83. The van der Waals surface area contributed by atoms with Gasteiger partial charge in [0, 0.05) is 17.8 Å². The van der Waals surface area contributed by atoms with Gasteiger partial charge in [0.15, 0.2) is 5.82 Å². The average molecular weight is 495 g/mol. The van der Waals surface area contributed by atoms with E-state index >= 15 is 0 Å². The van der Waals surface area contributed by atoms with Crippen LogP contribution in [0.1, 0.15) is 46.1 Å². The van der Waals surface area contributed by atoms with Crippen molar-refractivity contribution in [1.82, 2.24) is 25.2 Å². The Morgan fingerprint density at radius 3 is 2.70 bits per heavy atom. The Bertz CT molecular complexity index is 1660. The second-order valence-corrected chi connectivity index (χ2v) is 9.75. The minimum Gasteiger partial charge on any atom is -0.357 e. The highest BCUT2D eigenvalue weighted by Crippen LogP contribution is 2.37. The first-order valence-corrected chi connectivity index (χ1v) is 12.5. The fourth-order valence-electron chi connectivity index (χ4n) is 5.47. The zero-order valence-electron chi connectivity index (χ0n) is 20.8. The fourth-order valence-corrected chi connectivity index (χ4v) is 5.47. The molecule has 186 valence electrons. The van der Waals surface area contributed by atoms with E-state index in [1.807, 2.05) is 25.1 Å². The Morgan fingerprint density at radius 1 is 1.05 bits per heavy atom. The van der Waals surface area contributed by atoms with Gasteiger partial charge in [-0.05, 0) is 89.5 Å². The molecule has 37 heavy (non-hydrogen) atoms. The van der Waals surface area contributed by atoms with Crippen LogP contribution in [-0.2, 0) is 13.0 Å². The third-order valence-electron chi connectivity index (χ3n) is 7.12. The Balaban J connectivity index is 1.54. The van der Waals surface area contributed by atoms with Crippen molar-refractivity contribution < 1.29 is 4.39 Å². The normalized spacial score (nSPS) is 14.1. The van der Waals surface area contributed by atoms with Gasteiger partial charge in [0.05, 0.1) is 12.1 Å². The molecule has 7 nitrogen and oxygen atoms in total. The van der Waals surface area contributed by atoms with Crippen LogP contribution in [0.2, 0.25) is 0 Å². The van der Waals surface area contributed by atoms with Gasteiger partial charge in [-0.25, -0.2) is 9.07 Å². The molecule has 0 spiro atoms. The number of rotatable bonds is 5. The highest BCUT2D eigenvalue weighted by atomic mass is 19.1. The van der Waals surface area contributed by atoms with Crippen LogP contribution in [0, 0.1) is 19.7 Å². The molecule has 0 saturated heterocycles. The Kier molecular flexibility index (Phi) is 5.79. The molecule has 0 unspecified atom stereocenters. The first kappa shape index (κ1) is 23.1. The number of pyridine rings is 1. The third kappa shape index (κ3) is 4.28. The molecule has 1 atom stereocenters. The molecule has 0 amide bonds. The van der Waals surface area contributed by atoms with Gasteiger partial charge >= 0.3 is 0 Å². The van der Waals surface area contributed by atoms with Crippen LogP contribution in [-0.4, -0.2) is 31.7 Å². The van der Waals surface area contributed by atoms with E-state index in [0.29, 0.717) is 17.9 Å². The highest BCUT2D eigenvalue weighted by Gasteiger charge is 2.33. The van der Waals surface area contributed by atoms with Gasteiger partial charge in [-0.15, -0.1) is 5.10 Å². The summed E-state index contributed by atoms with van der Waals surface area (Å²) in [5.74, 6) is 0.270. The van der Waals surface area contributed by atoms with E-state index in [-0.39, 0.29) is 11.4 Å². The lowest BCUT2D eigenvalue weighted by atomic mass is 9.95. The van der Waals surface area contributed by atoms with E-state index in [0.717, 1.165) is 52.7 Å². The second kappa shape index (κ2) is 9.28. The molecule has 0 fully saturated rings. The largest absolute Gasteiger partial charge is 0.357 e. The minimum atomic E-state index is -0.508. The van der Waals surface area contributed by atoms with Crippen molar-refractivity contribution >= 4 is 16.6 Å². The van der Waals surface area contributed by atoms with Crippen molar-refractivity contribution in [3.05, 3.63) is 117 Å². The summed E-state index contributed by atoms with van der Waals surface area (Å²) in [6.07, 6.45) is 1.93. The number of aromatic amines is 1. The van der Waals surface area contributed by atoms with Crippen LogP contribution in [0.25, 0.3) is 10.9 Å². The zero-order chi connectivity index (χ0) is 25.5. The topological polar surface area (TPSA) is 79.7 Å². The molecule has 0 saturated carbocycles. The number of hydrogen-bond acceptors (Lipinski definition) is 5. The van der Waals surface area contributed by atoms with Crippen molar-refractivity contribution in [2.75, 3.05) is 11.4 Å². The summed E-state index contributed by atoms with van der Waals surface area (Å²) in [4.78, 5) is 19.0. The van der Waals surface area contributed by atoms with E-state index in [1.165, 1.54) is 17.7 Å². The summed E-state index contributed by atoms with van der Waals surface area (Å²) in [5.41, 5.74) is 6.60. The molecule has 0 aliphatic carbocycles. The maximum Gasteiger partial charge on any atom is 0.254 e. The van der Waals surface area contributed by atoms with Gasteiger partial charge in [0.2, 0.25) is 0 Å². The molecule has 3 heterocycles. The van der Waals surface area contributed by atoms with Crippen molar-refractivity contribution in [2.45, 2.75) is 39.3 Å². The monoisotopic (exact) mass is 494 g/mol. The predicted molar refractivity (Wildman–Crippen MR) is 141 cm³/mol. The number of nitrogens with zero attached hydrogens (tertiary/aromatic N) is 5. The molecule has 0 radical (unpaired) electrons. The van der Waals surface area contributed by atoms with Crippen molar-refractivity contribution in [3.63, 3.8) is 0 Å². The number of anilines is 1. The number of hydrogen-bond donors (Lipinski definition) is 1. The van der Waals surface area contributed by atoms with Crippen LogP contribution >= 0.6 is 0 Å². The first-order valence-electron chi connectivity index (χ1n) is 12.5. The summed E-state index contributed by atoms with van der Waals surface area (Å²) >= 11 is 0. The number of aryl methyl sites for hydroxylation is 3. The number of halogens is 1. The SMILES string of the molecule is Cc1cc(C)c2[nH]c(=O)c([C@@H](c3nnnn3Cc3ccc(F)cc3)N3CCCc4ccccc43)cc2c1. The van der Waals surface area contributed by atoms with Gasteiger partial charge < -0.3 is 9.88 Å². The van der Waals surface area contributed by atoms with E-state index in [4.69, 9.17) is 0 Å². The minimum absolute atomic E-state index is 0.163. The van der Waals surface area contributed by atoms with E-state index < -0.39 is 6.04 Å². The summed E-state index contributed by atoms with van der Waals surface area (Å²) in [6, 6.07) is 20.2. The van der Waals surface area contributed by atoms with Crippen LogP contribution < -0.4 is 10.5 Å². The Hall–Kier alpha value is -4.33. The molecule has 8 heteroatoms. The predicted octanol–water partition coefficient (Wildman–Crippen LogP) is 4.86. The van der Waals surface area contributed by atoms with Crippen molar-refractivity contribution in [3.8, 4) is 0 Å². The number of fused-ring (bicyclic) bond motifs is 2. The van der Waals surface area contributed by atoms with Crippen molar-refractivity contribution in [1.29, 1.82) is 0 Å². The zero-order valence-corrected chi connectivity index (χ0v) is 20.8. The van der Waals surface area contributed by atoms with E-state index in [1.54, 1.807) is 16.8 Å². The standard InChI is InChI=1S/C29H27FN6O/c1-18-14-19(2)26-22(15-18)16-24(29(37)31-26)27(35-13-5-7-21-6-3-4-8-25(21)35)28-32-33-34-36(28)17-20-9-11-23(30)12-10-20/h3-4,6,8-12,14-16,27H,5,7,13,17H2,1-2H3,(H,31,37)/t27-/m0/s1. The maximum atomic E-state index is 13.7. The van der Waals surface area contributed by atoms with Gasteiger partial charge in [-0.3, -0.25) is 4.79 Å². The Morgan fingerprint density at radius 2 is 1.86 bits per heavy atom. The number of aromatic nitrogens is 5. The summed E-state index contributed by atoms with van der Waals surface area (Å²) < 4.78 is 15.2. The number of H-pyrrole nitrogens is 1. The van der Waals surface area contributed by atoms with E-state index in [9.17, 15) is 9.18 Å². The lowest BCUT2D eigenvalue weighted by Gasteiger charge is -2.37. The summed E-state index contributed by atoms with van der Waals surface area (Å²) in [6.45, 7) is 5.18. The molecule has 1 N–H and O–H groups in total. The van der Waals surface area contributed by atoms with Gasteiger partial charge in [-0.1, -0.05) is 42.0 Å². The molecule has 0 bridgehead atoms. The van der Waals surface area contributed by atoms with Crippen LogP contribution in [0.15, 0.2) is 71.5 Å². The quantitative estimate of drug-likeness (QED) is 0.377. The molecule has 2 aromatic heterocycles. The van der Waals surface area contributed by atoms with Crippen LogP contribution in [0.4, 0.5) is 10.1 Å².